The van der Waals surface area contributed by atoms with Gasteiger partial charge in [-0.1, -0.05) is 0 Å². The van der Waals surface area contributed by atoms with E-state index in [2.05, 4.69) is 17.4 Å². The van der Waals surface area contributed by atoms with Crippen molar-refractivity contribution >= 4 is 18.6 Å². The van der Waals surface area contributed by atoms with Gasteiger partial charge < -0.3 is 9.84 Å². The summed E-state index contributed by atoms with van der Waals surface area (Å²) in [6, 6.07) is 4.38. The van der Waals surface area contributed by atoms with Crippen LogP contribution in [-0.2, 0) is 4.74 Å². The number of benzene rings is 1. The summed E-state index contributed by atoms with van der Waals surface area (Å²) in [5.74, 6) is -0.500. The molecule has 0 aromatic heterocycles. The van der Waals surface area contributed by atoms with Crippen LogP contribution in [0.3, 0.4) is 0 Å². The van der Waals surface area contributed by atoms with Gasteiger partial charge in [0.25, 0.3) is 0 Å². The molecule has 0 fully saturated rings. The van der Waals surface area contributed by atoms with Gasteiger partial charge in [0, 0.05) is 4.90 Å². The fourth-order valence-corrected chi connectivity index (χ4v) is 0.907. The number of hydrogen-bond donors (Lipinski definition) is 2. The fraction of sp³-hybridized carbons (Fsp3) is 0.125. The summed E-state index contributed by atoms with van der Waals surface area (Å²) >= 11 is 3.94. The molecular formula is C8H8NaO3S+. The second-order valence-electron chi connectivity index (χ2n) is 2.20. The Hall–Kier alpha value is -0.160. The SMILES string of the molecule is COC(=O)c1ccc(S)c(O)c1.[Na+]. The van der Waals surface area contributed by atoms with E-state index in [1.807, 2.05) is 0 Å². The Morgan fingerprint density at radius 2 is 2.15 bits per heavy atom. The van der Waals surface area contributed by atoms with E-state index in [1.54, 1.807) is 0 Å². The third-order valence-electron chi connectivity index (χ3n) is 1.40. The molecule has 5 heteroatoms. The van der Waals surface area contributed by atoms with Crippen LogP contribution in [0.4, 0.5) is 0 Å². The minimum Gasteiger partial charge on any atom is -0.507 e. The van der Waals surface area contributed by atoms with Gasteiger partial charge in [-0.05, 0) is 18.2 Å². The largest absolute Gasteiger partial charge is 1.00 e. The Bertz CT molecular complexity index is 314. The number of carbonyl (C=O) groups excluding carboxylic acids is 1. The minimum absolute atomic E-state index is 0. The average Bonchev–Trinajstić information content (AvgIpc) is 2.08. The summed E-state index contributed by atoms with van der Waals surface area (Å²) < 4.78 is 4.46. The molecule has 0 unspecified atom stereocenters. The molecule has 0 spiro atoms. The quantitative estimate of drug-likeness (QED) is 0.334. The van der Waals surface area contributed by atoms with E-state index in [-0.39, 0.29) is 35.3 Å². The molecule has 1 aromatic rings. The van der Waals surface area contributed by atoms with Gasteiger partial charge in [0.1, 0.15) is 5.75 Å². The molecule has 0 aliphatic heterocycles. The summed E-state index contributed by atoms with van der Waals surface area (Å²) in [4.78, 5) is 11.4. The van der Waals surface area contributed by atoms with Crippen molar-refractivity contribution in [2.24, 2.45) is 0 Å². The van der Waals surface area contributed by atoms with E-state index in [9.17, 15) is 4.79 Å². The number of hydrogen-bond acceptors (Lipinski definition) is 4. The van der Waals surface area contributed by atoms with Crippen LogP contribution >= 0.6 is 12.6 Å². The number of aromatic hydroxyl groups is 1. The molecule has 0 bridgehead atoms. The van der Waals surface area contributed by atoms with E-state index < -0.39 is 5.97 Å². The monoisotopic (exact) mass is 207 g/mol. The van der Waals surface area contributed by atoms with Crippen LogP contribution in [0.25, 0.3) is 0 Å². The maximum atomic E-state index is 10.9. The van der Waals surface area contributed by atoms with Crippen molar-refractivity contribution in [3.8, 4) is 5.75 Å². The van der Waals surface area contributed by atoms with Crippen LogP contribution in [0.2, 0.25) is 0 Å². The molecule has 0 aliphatic carbocycles. The van der Waals surface area contributed by atoms with Crippen LogP contribution in [0.1, 0.15) is 10.4 Å². The normalized spacial score (nSPS) is 8.77. The smallest absolute Gasteiger partial charge is 0.507 e. The van der Waals surface area contributed by atoms with E-state index in [0.717, 1.165) is 0 Å². The molecule has 0 aliphatic rings. The first-order valence-corrected chi connectivity index (χ1v) is 3.70. The van der Waals surface area contributed by atoms with Crippen molar-refractivity contribution in [1.82, 2.24) is 0 Å². The van der Waals surface area contributed by atoms with Gasteiger partial charge in [-0.2, -0.15) is 0 Å². The van der Waals surface area contributed by atoms with Gasteiger partial charge in [0.15, 0.2) is 0 Å². The summed E-state index contributed by atoms with van der Waals surface area (Å²) in [5, 5.41) is 9.16. The summed E-state index contributed by atoms with van der Waals surface area (Å²) in [6.07, 6.45) is 0. The molecule has 64 valence electrons. The van der Waals surface area contributed by atoms with Crippen molar-refractivity contribution in [1.29, 1.82) is 0 Å². The average molecular weight is 207 g/mol. The maximum absolute atomic E-state index is 10.9. The molecule has 1 aromatic carbocycles. The third-order valence-corrected chi connectivity index (χ3v) is 1.77. The summed E-state index contributed by atoms with van der Waals surface area (Å²) in [6.45, 7) is 0. The van der Waals surface area contributed by atoms with Gasteiger partial charge in [0.2, 0.25) is 0 Å². The van der Waals surface area contributed by atoms with Gasteiger partial charge in [-0.3, -0.25) is 0 Å². The summed E-state index contributed by atoms with van der Waals surface area (Å²) in [7, 11) is 1.29. The first-order chi connectivity index (χ1) is 5.65. The van der Waals surface area contributed by atoms with Crippen molar-refractivity contribution in [2.75, 3.05) is 7.11 Å². The Labute approximate surface area is 104 Å². The zero-order valence-corrected chi connectivity index (χ0v) is 10.3. The number of esters is 1. The van der Waals surface area contributed by atoms with Crippen LogP contribution < -0.4 is 29.6 Å². The van der Waals surface area contributed by atoms with E-state index >= 15 is 0 Å². The first-order valence-electron chi connectivity index (χ1n) is 3.25. The molecule has 0 atom stereocenters. The van der Waals surface area contributed by atoms with E-state index in [4.69, 9.17) is 5.11 Å². The molecule has 0 saturated heterocycles. The van der Waals surface area contributed by atoms with Crippen LogP contribution in [-0.4, -0.2) is 18.2 Å². The number of thiol groups is 1. The molecule has 1 N–H and O–H groups in total. The molecule has 0 heterocycles. The van der Waals surface area contributed by atoms with Crippen molar-refractivity contribution in [2.45, 2.75) is 4.90 Å². The first kappa shape index (κ1) is 12.8. The fourth-order valence-electron chi connectivity index (χ4n) is 0.768. The van der Waals surface area contributed by atoms with Crippen LogP contribution in [0.5, 0.6) is 5.75 Å². The minimum atomic E-state index is -0.473. The molecule has 0 radical (unpaired) electrons. The van der Waals surface area contributed by atoms with Crippen LogP contribution in [0.15, 0.2) is 23.1 Å². The number of carbonyl (C=O) groups is 1. The second kappa shape index (κ2) is 5.54. The molecule has 0 amide bonds. The predicted octanol–water partition coefficient (Wildman–Crippen LogP) is -1.53. The number of rotatable bonds is 1. The number of phenolic OH excluding ortho intramolecular Hbond substituents is 1. The zero-order valence-electron chi connectivity index (χ0n) is 7.44. The maximum Gasteiger partial charge on any atom is 1.00 e. The Morgan fingerprint density at radius 1 is 1.54 bits per heavy atom. The Balaban J connectivity index is 0.00000144. The Kier molecular flexibility index (Phi) is 5.48. The number of phenols is 1. The van der Waals surface area contributed by atoms with Gasteiger partial charge in [0.05, 0.1) is 12.7 Å². The summed E-state index contributed by atoms with van der Waals surface area (Å²) in [5.41, 5.74) is 0.313. The second-order valence-corrected chi connectivity index (χ2v) is 2.68. The number of ether oxygens (including phenoxy) is 1. The third kappa shape index (κ3) is 3.23. The molecular weight excluding hydrogens is 199 g/mol. The van der Waals surface area contributed by atoms with Gasteiger partial charge in [-0.25, -0.2) is 4.79 Å². The molecule has 13 heavy (non-hydrogen) atoms. The van der Waals surface area contributed by atoms with Crippen molar-refractivity contribution in [3.63, 3.8) is 0 Å². The zero-order chi connectivity index (χ0) is 9.14. The van der Waals surface area contributed by atoms with Crippen molar-refractivity contribution < 1.29 is 44.2 Å². The van der Waals surface area contributed by atoms with E-state index in [1.165, 1.54) is 25.3 Å². The number of methoxy groups -OCH3 is 1. The molecule has 1 rings (SSSR count). The predicted molar refractivity (Wildman–Crippen MR) is 46.7 cm³/mol. The van der Waals surface area contributed by atoms with Gasteiger partial charge in [-0.15, -0.1) is 12.6 Å². The topological polar surface area (TPSA) is 46.5 Å². The van der Waals surface area contributed by atoms with Crippen molar-refractivity contribution in [3.05, 3.63) is 23.8 Å². The van der Waals surface area contributed by atoms with Gasteiger partial charge >= 0.3 is 35.5 Å². The molecule has 3 nitrogen and oxygen atoms in total. The van der Waals surface area contributed by atoms with Crippen LogP contribution in [0, 0.1) is 0 Å². The molecule has 0 saturated carbocycles. The Morgan fingerprint density at radius 3 is 2.62 bits per heavy atom. The standard InChI is InChI=1S/C8H8O3S.Na/c1-11-8(10)5-2-3-7(12)6(9)4-5;/h2-4,9,12H,1H3;/q;+1. The van der Waals surface area contributed by atoms with E-state index in [0.29, 0.717) is 10.5 Å².